The minimum absolute atomic E-state index is 1.20. The van der Waals surface area contributed by atoms with Gasteiger partial charge in [0.05, 0.1) is 0 Å². The Morgan fingerprint density at radius 3 is 3.00 bits per heavy atom. The van der Waals surface area contributed by atoms with Gasteiger partial charge in [-0.2, -0.15) is 0 Å². The van der Waals surface area contributed by atoms with Crippen LogP contribution in [0.3, 0.4) is 0 Å². The van der Waals surface area contributed by atoms with E-state index >= 15 is 0 Å². The van der Waals surface area contributed by atoms with Crippen molar-refractivity contribution in [1.29, 1.82) is 0 Å². The monoisotopic (exact) mass is 141 g/mol. The molecule has 0 aliphatic carbocycles. The first-order chi connectivity index (χ1) is 5.36. The Kier molecular flexibility index (Phi) is 1.39. The maximum atomic E-state index is 3.19. The molecule has 2 aromatic carbocycles. The molecule has 0 saturated heterocycles. The maximum Gasteiger partial charge on any atom is -0.00991 e. The van der Waals surface area contributed by atoms with Gasteiger partial charge in [0.2, 0.25) is 0 Å². The van der Waals surface area contributed by atoms with E-state index < -0.39 is 0 Å². The van der Waals surface area contributed by atoms with Crippen LogP contribution in [0.1, 0.15) is 5.56 Å². The van der Waals surface area contributed by atoms with Gasteiger partial charge in [-0.15, -0.1) is 0 Å². The summed E-state index contributed by atoms with van der Waals surface area (Å²) in [7, 11) is 0. The van der Waals surface area contributed by atoms with Gasteiger partial charge in [-0.3, -0.25) is 0 Å². The van der Waals surface area contributed by atoms with Gasteiger partial charge < -0.3 is 0 Å². The van der Waals surface area contributed by atoms with Crippen molar-refractivity contribution < 1.29 is 0 Å². The summed E-state index contributed by atoms with van der Waals surface area (Å²) in [5.74, 6) is 0. The molecule has 2 rings (SSSR count). The smallest absolute Gasteiger partial charge is 0.00991 e. The number of hydrogen-bond donors (Lipinski definition) is 0. The van der Waals surface area contributed by atoms with E-state index in [1.165, 1.54) is 16.3 Å². The van der Waals surface area contributed by atoms with Crippen molar-refractivity contribution >= 4 is 10.8 Å². The van der Waals surface area contributed by atoms with Crippen LogP contribution < -0.4 is 0 Å². The van der Waals surface area contributed by atoms with Gasteiger partial charge in [0, 0.05) is 0 Å². The Balaban J connectivity index is 2.83. The summed E-state index contributed by atoms with van der Waals surface area (Å²) in [6, 6.07) is 15.6. The highest BCUT2D eigenvalue weighted by Crippen LogP contribution is 2.13. The molecule has 0 nitrogen and oxygen atoms in total. The first-order valence-electron chi connectivity index (χ1n) is 3.73. The van der Waals surface area contributed by atoms with Crippen LogP contribution in [0.4, 0.5) is 0 Å². The zero-order valence-electron chi connectivity index (χ0n) is 6.46. The normalized spacial score (nSPS) is 10.3. The summed E-state index contributed by atoms with van der Waals surface area (Å²) >= 11 is 0. The Morgan fingerprint density at radius 1 is 1.18 bits per heavy atom. The standard InChI is InChI=1S/C11H9/c1-9-6-7-10-4-2-3-5-11(10)8-9/h2-4,6-8H,1H3. The topological polar surface area (TPSA) is 0 Å². The fourth-order valence-corrected chi connectivity index (χ4v) is 1.23. The molecule has 0 spiro atoms. The third-order valence-electron chi connectivity index (χ3n) is 1.82. The van der Waals surface area contributed by atoms with Crippen molar-refractivity contribution in [3.8, 4) is 0 Å². The Hall–Kier alpha value is -1.30. The van der Waals surface area contributed by atoms with Crippen molar-refractivity contribution in [2.45, 2.75) is 6.92 Å². The van der Waals surface area contributed by atoms with Crippen molar-refractivity contribution in [3.05, 3.63) is 48.0 Å². The van der Waals surface area contributed by atoms with E-state index in [-0.39, 0.29) is 0 Å². The average Bonchev–Trinajstić information content (AvgIpc) is 2.04. The summed E-state index contributed by atoms with van der Waals surface area (Å²) in [6.07, 6.45) is 0. The molecule has 0 bridgehead atoms. The van der Waals surface area contributed by atoms with Gasteiger partial charge in [0.25, 0.3) is 0 Å². The maximum absolute atomic E-state index is 3.19. The van der Waals surface area contributed by atoms with E-state index in [1.54, 1.807) is 0 Å². The zero-order valence-corrected chi connectivity index (χ0v) is 6.46. The minimum Gasteiger partial charge on any atom is -0.0610 e. The van der Waals surface area contributed by atoms with E-state index in [4.69, 9.17) is 0 Å². The quantitative estimate of drug-likeness (QED) is 0.529. The predicted octanol–water partition coefficient (Wildman–Crippen LogP) is 2.95. The lowest BCUT2D eigenvalue weighted by Gasteiger charge is -1.96. The summed E-state index contributed by atoms with van der Waals surface area (Å²) in [6.45, 7) is 2.10. The van der Waals surface area contributed by atoms with Crippen LogP contribution in [0.5, 0.6) is 0 Å². The van der Waals surface area contributed by atoms with Crippen molar-refractivity contribution in [2.75, 3.05) is 0 Å². The van der Waals surface area contributed by atoms with Gasteiger partial charge in [0.15, 0.2) is 0 Å². The fourth-order valence-electron chi connectivity index (χ4n) is 1.23. The first kappa shape index (κ1) is 6.41. The Morgan fingerprint density at radius 2 is 2.09 bits per heavy atom. The van der Waals surface area contributed by atoms with Gasteiger partial charge in [0.1, 0.15) is 0 Å². The van der Waals surface area contributed by atoms with E-state index in [9.17, 15) is 0 Å². The summed E-state index contributed by atoms with van der Waals surface area (Å²) in [5.41, 5.74) is 1.29. The van der Waals surface area contributed by atoms with Gasteiger partial charge in [-0.1, -0.05) is 42.0 Å². The number of fused-ring (bicyclic) bond motifs is 1. The third-order valence-corrected chi connectivity index (χ3v) is 1.82. The molecule has 1 radical (unpaired) electrons. The van der Waals surface area contributed by atoms with Crippen molar-refractivity contribution in [3.63, 3.8) is 0 Å². The molecule has 2 aromatic rings. The second-order valence-corrected chi connectivity index (χ2v) is 2.76. The Bertz CT molecular complexity index is 374. The number of aryl methyl sites for hydroxylation is 1. The Labute approximate surface area is 66.5 Å². The molecule has 0 aromatic heterocycles. The molecule has 0 unspecified atom stereocenters. The molecular weight excluding hydrogens is 132 g/mol. The van der Waals surface area contributed by atoms with E-state index in [0.29, 0.717) is 0 Å². The molecule has 0 saturated carbocycles. The molecule has 0 fully saturated rings. The highest BCUT2D eigenvalue weighted by atomic mass is 13.9. The van der Waals surface area contributed by atoms with E-state index in [2.05, 4.69) is 37.3 Å². The fraction of sp³-hybridized carbons (Fsp3) is 0.0909. The van der Waals surface area contributed by atoms with Crippen LogP contribution in [0.15, 0.2) is 36.4 Å². The van der Waals surface area contributed by atoms with Crippen molar-refractivity contribution in [1.82, 2.24) is 0 Å². The molecule has 0 atom stereocenters. The number of benzene rings is 2. The van der Waals surface area contributed by atoms with Crippen molar-refractivity contribution in [2.24, 2.45) is 0 Å². The van der Waals surface area contributed by atoms with Crippen LogP contribution >= 0.6 is 0 Å². The van der Waals surface area contributed by atoms with E-state index in [1.807, 2.05) is 12.1 Å². The van der Waals surface area contributed by atoms with Crippen LogP contribution in [-0.2, 0) is 0 Å². The van der Waals surface area contributed by atoms with Crippen LogP contribution in [0.2, 0.25) is 0 Å². The first-order valence-corrected chi connectivity index (χ1v) is 3.73. The molecule has 11 heavy (non-hydrogen) atoms. The minimum atomic E-state index is 1.20. The van der Waals surface area contributed by atoms with Gasteiger partial charge >= 0.3 is 0 Å². The second kappa shape index (κ2) is 2.39. The average molecular weight is 141 g/mol. The predicted molar refractivity (Wildman–Crippen MR) is 47.5 cm³/mol. The zero-order chi connectivity index (χ0) is 7.68. The summed E-state index contributed by atoms with van der Waals surface area (Å²) in [4.78, 5) is 0. The molecule has 53 valence electrons. The SMILES string of the molecule is Cc1ccc2ccc[c]c2c1. The lowest BCUT2D eigenvalue weighted by atomic mass is 10.1. The second-order valence-electron chi connectivity index (χ2n) is 2.76. The number of rotatable bonds is 0. The molecule has 0 aliphatic heterocycles. The number of hydrogen-bond acceptors (Lipinski definition) is 0. The third kappa shape index (κ3) is 1.12. The van der Waals surface area contributed by atoms with Gasteiger partial charge in [-0.25, -0.2) is 0 Å². The molecule has 0 amide bonds. The van der Waals surface area contributed by atoms with Gasteiger partial charge in [-0.05, 0) is 23.8 Å². The van der Waals surface area contributed by atoms with Crippen LogP contribution in [0.25, 0.3) is 10.8 Å². The van der Waals surface area contributed by atoms with Crippen LogP contribution in [0, 0.1) is 13.0 Å². The molecule has 0 aliphatic rings. The lowest BCUT2D eigenvalue weighted by molar-refractivity contribution is 1.50. The van der Waals surface area contributed by atoms with Crippen LogP contribution in [-0.4, -0.2) is 0 Å². The van der Waals surface area contributed by atoms with E-state index in [0.717, 1.165) is 0 Å². The molecular formula is C11H9. The molecule has 0 heteroatoms. The molecule has 0 heterocycles. The largest absolute Gasteiger partial charge is 0.0610 e. The highest BCUT2D eigenvalue weighted by molar-refractivity contribution is 5.82. The lowest BCUT2D eigenvalue weighted by Crippen LogP contribution is -1.73. The molecule has 0 N–H and O–H groups in total. The summed E-state index contributed by atoms with van der Waals surface area (Å²) < 4.78 is 0. The highest BCUT2D eigenvalue weighted by Gasteiger charge is 1.90. The summed E-state index contributed by atoms with van der Waals surface area (Å²) in [5, 5.41) is 2.46.